The highest BCUT2D eigenvalue weighted by molar-refractivity contribution is 6.31. The summed E-state index contributed by atoms with van der Waals surface area (Å²) in [6.45, 7) is 2.10. The standard InChI is InChI=1S/C16H16ClNO5/c1-2-3-6-18-15(20)9-22-16(21)14-8-12(19)11-7-10(17)4-5-13(11)23-14/h4-5,7-8H,2-3,6,9H2,1H3,(H,18,20). The van der Waals surface area contributed by atoms with Gasteiger partial charge in [-0.2, -0.15) is 0 Å². The van der Waals surface area contributed by atoms with E-state index in [4.69, 9.17) is 20.8 Å². The number of hydrogen-bond acceptors (Lipinski definition) is 5. The molecule has 1 aromatic carbocycles. The van der Waals surface area contributed by atoms with Crippen molar-refractivity contribution in [1.29, 1.82) is 0 Å². The lowest BCUT2D eigenvalue weighted by atomic mass is 10.2. The van der Waals surface area contributed by atoms with Gasteiger partial charge in [-0.1, -0.05) is 24.9 Å². The molecule has 2 rings (SSSR count). The van der Waals surface area contributed by atoms with Gasteiger partial charge in [-0.05, 0) is 24.6 Å². The van der Waals surface area contributed by atoms with Gasteiger partial charge in [0, 0.05) is 17.6 Å². The molecular formula is C16H16ClNO5. The van der Waals surface area contributed by atoms with Crippen molar-refractivity contribution in [2.75, 3.05) is 13.2 Å². The molecule has 1 heterocycles. The fourth-order valence-electron chi connectivity index (χ4n) is 1.89. The van der Waals surface area contributed by atoms with Crippen molar-refractivity contribution in [1.82, 2.24) is 5.32 Å². The number of benzene rings is 1. The van der Waals surface area contributed by atoms with Gasteiger partial charge in [0.2, 0.25) is 5.76 Å². The van der Waals surface area contributed by atoms with Gasteiger partial charge in [-0.3, -0.25) is 9.59 Å². The molecule has 122 valence electrons. The minimum Gasteiger partial charge on any atom is -0.450 e. The van der Waals surface area contributed by atoms with Crippen molar-refractivity contribution in [2.45, 2.75) is 19.8 Å². The van der Waals surface area contributed by atoms with Crippen LogP contribution in [0.15, 0.2) is 33.5 Å². The Morgan fingerprint density at radius 1 is 1.30 bits per heavy atom. The molecule has 0 aliphatic carbocycles. The summed E-state index contributed by atoms with van der Waals surface area (Å²) in [7, 11) is 0. The first kappa shape index (κ1) is 17.0. The van der Waals surface area contributed by atoms with Crippen LogP contribution in [0, 0.1) is 0 Å². The number of fused-ring (bicyclic) bond motifs is 1. The van der Waals surface area contributed by atoms with Crippen LogP contribution in [0.25, 0.3) is 11.0 Å². The van der Waals surface area contributed by atoms with Crippen LogP contribution in [-0.4, -0.2) is 25.0 Å². The Balaban J connectivity index is 2.05. The molecule has 1 N–H and O–H groups in total. The predicted molar refractivity (Wildman–Crippen MR) is 85.7 cm³/mol. The molecule has 0 spiro atoms. The van der Waals surface area contributed by atoms with E-state index in [-0.39, 0.29) is 16.7 Å². The van der Waals surface area contributed by atoms with E-state index >= 15 is 0 Å². The van der Waals surface area contributed by atoms with Crippen LogP contribution in [0.5, 0.6) is 0 Å². The van der Waals surface area contributed by atoms with Gasteiger partial charge in [0.1, 0.15) is 5.58 Å². The summed E-state index contributed by atoms with van der Waals surface area (Å²) in [5, 5.41) is 3.28. The molecule has 1 aromatic heterocycles. The summed E-state index contributed by atoms with van der Waals surface area (Å²) >= 11 is 5.81. The highest BCUT2D eigenvalue weighted by atomic mass is 35.5. The molecule has 0 fully saturated rings. The zero-order chi connectivity index (χ0) is 16.8. The van der Waals surface area contributed by atoms with Gasteiger partial charge in [0.05, 0.1) is 5.39 Å². The molecule has 0 saturated carbocycles. The Hall–Kier alpha value is -2.34. The Morgan fingerprint density at radius 3 is 2.83 bits per heavy atom. The topological polar surface area (TPSA) is 85.6 Å². The van der Waals surface area contributed by atoms with E-state index in [0.29, 0.717) is 11.6 Å². The largest absolute Gasteiger partial charge is 0.450 e. The second-order valence-electron chi connectivity index (χ2n) is 4.90. The summed E-state index contributed by atoms with van der Waals surface area (Å²) in [5.74, 6) is -1.53. The number of amides is 1. The third-order valence-electron chi connectivity index (χ3n) is 3.08. The van der Waals surface area contributed by atoms with Crippen molar-refractivity contribution in [3.05, 3.63) is 45.3 Å². The number of ether oxygens (including phenoxy) is 1. The second kappa shape index (κ2) is 7.78. The second-order valence-corrected chi connectivity index (χ2v) is 5.33. The molecule has 0 saturated heterocycles. The molecule has 0 bridgehead atoms. The van der Waals surface area contributed by atoms with Crippen LogP contribution in [0.3, 0.4) is 0 Å². The summed E-state index contributed by atoms with van der Waals surface area (Å²) < 4.78 is 10.2. The molecule has 0 aliphatic rings. The SMILES string of the molecule is CCCCNC(=O)COC(=O)c1cc(=O)c2cc(Cl)ccc2o1. The lowest BCUT2D eigenvalue weighted by Gasteiger charge is -2.06. The first-order valence-corrected chi connectivity index (χ1v) is 7.56. The summed E-state index contributed by atoms with van der Waals surface area (Å²) in [6, 6.07) is 5.52. The number of esters is 1. The van der Waals surface area contributed by atoms with E-state index in [0.717, 1.165) is 18.9 Å². The Labute approximate surface area is 137 Å². The Kier molecular flexibility index (Phi) is 5.76. The van der Waals surface area contributed by atoms with Crippen LogP contribution >= 0.6 is 11.6 Å². The quantitative estimate of drug-likeness (QED) is 0.646. The fraction of sp³-hybridized carbons (Fsp3) is 0.312. The molecule has 0 aliphatic heterocycles. The zero-order valence-corrected chi connectivity index (χ0v) is 13.3. The van der Waals surface area contributed by atoms with Crippen LogP contribution < -0.4 is 10.7 Å². The number of rotatable bonds is 6. The van der Waals surface area contributed by atoms with Gasteiger partial charge >= 0.3 is 5.97 Å². The lowest BCUT2D eigenvalue weighted by molar-refractivity contribution is -0.124. The van der Waals surface area contributed by atoms with E-state index in [2.05, 4.69) is 5.32 Å². The van der Waals surface area contributed by atoms with E-state index < -0.39 is 23.9 Å². The number of carbonyl (C=O) groups excluding carboxylic acids is 2. The molecular weight excluding hydrogens is 322 g/mol. The molecule has 7 heteroatoms. The van der Waals surface area contributed by atoms with Crippen molar-refractivity contribution in [3.8, 4) is 0 Å². The highest BCUT2D eigenvalue weighted by Crippen LogP contribution is 2.17. The van der Waals surface area contributed by atoms with E-state index in [9.17, 15) is 14.4 Å². The highest BCUT2D eigenvalue weighted by Gasteiger charge is 2.15. The minimum atomic E-state index is -0.871. The molecule has 0 atom stereocenters. The summed E-state index contributed by atoms with van der Waals surface area (Å²) in [4.78, 5) is 35.3. The predicted octanol–water partition coefficient (Wildman–Crippen LogP) is 2.52. The van der Waals surface area contributed by atoms with Gasteiger partial charge in [0.15, 0.2) is 12.0 Å². The normalized spacial score (nSPS) is 10.5. The molecule has 0 radical (unpaired) electrons. The maximum Gasteiger partial charge on any atom is 0.374 e. The first-order chi connectivity index (χ1) is 11.0. The van der Waals surface area contributed by atoms with Gasteiger partial charge in [0.25, 0.3) is 5.91 Å². The van der Waals surface area contributed by atoms with Crippen LogP contribution in [0.2, 0.25) is 5.02 Å². The van der Waals surface area contributed by atoms with Crippen molar-refractivity contribution < 1.29 is 18.7 Å². The van der Waals surface area contributed by atoms with E-state index in [1.54, 1.807) is 6.07 Å². The fourth-order valence-corrected chi connectivity index (χ4v) is 2.06. The number of hydrogen-bond donors (Lipinski definition) is 1. The van der Waals surface area contributed by atoms with E-state index in [1.165, 1.54) is 12.1 Å². The summed E-state index contributed by atoms with van der Waals surface area (Å²) in [5.41, 5.74) is -0.186. The number of carbonyl (C=O) groups is 2. The minimum absolute atomic E-state index is 0.223. The molecule has 23 heavy (non-hydrogen) atoms. The lowest BCUT2D eigenvalue weighted by Crippen LogP contribution is -2.29. The molecule has 1 amide bonds. The molecule has 0 unspecified atom stereocenters. The van der Waals surface area contributed by atoms with Crippen molar-refractivity contribution in [3.63, 3.8) is 0 Å². The number of nitrogens with one attached hydrogen (secondary N) is 1. The maximum absolute atomic E-state index is 12.0. The molecule has 6 nitrogen and oxygen atoms in total. The first-order valence-electron chi connectivity index (χ1n) is 7.18. The number of unbranched alkanes of at least 4 members (excludes halogenated alkanes) is 1. The maximum atomic E-state index is 12.0. The van der Waals surface area contributed by atoms with E-state index in [1.807, 2.05) is 6.92 Å². The van der Waals surface area contributed by atoms with Crippen LogP contribution in [0.1, 0.15) is 30.3 Å². The van der Waals surface area contributed by atoms with Gasteiger partial charge in [-0.15, -0.1) is 0 Å². The Bertz CT molecular complexity index is 784. The van der Waals surface area contributed by atoms with Crippen LogP contribution in [-0.2, 0) is 9.53 Å². The van der Waals surface area contributed by atoms with Gasteiger partial charge in [-0.25, -0.2) is 4.79 Å². The Morgan fingerprint density at radius 2 is 2.09 bits per heavy atom. The van der Waals surface area contributed by atoms with Crippen LogP contribution in [0.4, 0.5) is 0 Å². The van der Waals surface area contributed by atoms with Gasteiger partial charge < -0.3 is 14.5 Å². The van der Waals surface area contributed by atoms with Crippen molar-refractivity contribution >= 4 is 34.4 Å². The molecule has 2 aromatic rings. The van der Waals surface area contributed by atoms with Crippen molar-refractivity contribution in [2.24, 2.45) is 0 Å². The monoisotopic (exact) mass is 337 g/mol. The third kappa shape index (κ3) is 4.56. The average Bonchev–Trinajstić information content (AvgIpc) is 2.53. The third-order valence-corrected chi connectivity index (χ3v) is 3.31. The average molecular weight is 338 g/mol. The summed E-state index contributed by atoms with van der Waals surface area (Å²) in [6.07, 6.45) is 1.80. The zero-order valence-electron chi connectivity index (χ0n) is 12.6. The smallest absolute Gasteiger partial charge is 0.374 e. The number of halogens is 1.